The number of rotatable bonds is 4. The Morgan fingerprint density at radius 1 is 1.29 bits per heavy atom. The predicted octanol–water partition coefficient (Wildman–Crippen LogP) is 3.85. The zero-order valence-corrected chi connectivity index (χ0v) is 13.7. The largest absolute Gasteiger partial charge is 0.350 e. The molecule has 0 bridgehead atoms. The van der Waals surface area contributed by atoms with Crippen molar-refractivity contribution in [3.63, 3.8) is 0 Å². The lowest BCUT2D eigenvalue weighted by Gasteiger charge is -2.47. The molecule has 1 heterocycles. The molecule has 0 aromatic carbocycles. The summed E-state index contributed by atoms with van der Waals surface area (Å²) in [5.41, 5.74) is -0.455. The molecule has 1 saturated carbocycles. The monoisotopic (exact) mass is 292 g/mol. The molecule has 0 aromatic heterocycles. The summed E-state index contributed by atoms with van der Waals surface area (Å²) in [6.07, 6.45) is 7.45. The molecule has 0 N–H and O–H groups in total. The van der Waals surface area contributed by atoms with E-state index in [4.69, 9.17) is 9.47 Å². The van der Waals surface area contributed by atoms with Crippen molar-refractivity contribution in [2.45, 2.75) is 84.0 Å². The highest BCUT2D eigenvalue weighted by Crippen LogP contribution is 2.42. The van der Waals surface area contributed by atoms with Crippen molar-refractivity contribution in [3.8, 4) is 11.8 Å². The van der Waals surface area contributed by atoms with E-state index >= 15 is 0 Å². The lowest BCUT2D eigenvalue weighted by Crippen LogP contribution is -2.52. The fourth-order valence-electron chi connectivity index (χ4n) is 3.37. The van der Waals surface area contributed by atoms with Gasteiger partial charge in [-0.2, -0.15) is 0 Å². The molecule has 1 aliphatic carbocycles. The molecule has 1 aliphatic heterocycles. The van der Waals surface area contributed by atoms with Crippen molar-refractivity contribution in [3.05, 3.63) is 0 Å². The van der Waals surface area contributed by atoms with E-state index in [1.807, 2.05) is 20.8 Å². The molecule has 1 saturated heterocycles. The van der Waals surface area contributed by atoms with Gasteiger partial charge in [-0.1, -0.05) is 20.3 Å². The van der Waals surface area contributed by atoms with Crippen LogP contribution in [0.4, 0.5) is 0 Å². The SMILES string of the molecule is CC#CCCC(=O)C(C)(C)C1CCOC2(CCCCC2)O1. The van der Waals surface area contributed by atoms with Gasteiger partial charge in [0.2, 0.25) is 0 Å². The van der Waals surface area contributed by atoms with E-state index in [1.165, 1.54) is 6.42 Å². The van der Waals surface area contributed by atoms with E-state index in [0.29, 0.717) is 19.4 Å². The molecule has 0 amide bonds. The Kier molecular flexibility index (Phi) is 5.46. The van der Waals surface area contributed by atoms with Crippen LogP contribution in [0.5, 0.6) is 0 Å². The van der Waals surface area contributed by atoms with Crippen LogP contribution in [0.25, 0.3) is 0 Å². The Hall–Kier alpha value is -0.850. The number of ketones is 1. The first-order chi connectivity index (χ1) is 10.0. The smallest absolute Gasteiger partial charge is 0.168 e. The molecule has 3 nitrogen and oxygen atoms in total. The third kappa shape index (κ3) is 3.87. The maximum absolute atomic E-state index is 12.5. The number of hydrogen-bond donors (Lipinski definition) is 0. The molecule has 3 heteroatoms. The quantitative estimate of drug-likeness (QED) is 0.738. The second-order valence-electron chi connectivity index (χ2n) is 6.79. The molecule has 21 heavy (non-hydrogen) atoms. The van der Waals surface area contributed by atoms with Gasteiger partial charge >= 0.3 is 0 Å². The summed E-state index contributed by atoms with van der Waals surface area (Å²) in [6, 6.07) is 0. The average Bonchev–Trinajstić information content (AvgIpc) is 2.48. The molecular weight excluding hydrogens is 264 g/mol. The van der Waals surface area contributed by atoms with E-state index in [2.05, 4.69) is 11.8 Å². The van der Waals surface area contributed by atoms with Gasteiger partial charge in [0.05, 0.1) is 12.7 Å². The van der Waals surface area contributed by atoms with Crippen molar-refractivity contribution >= 4 is 5.78 Å². The topological polar surface area (TPSA) is 35.5 Å². The van der Waals surface area contributed by atoms with Crippen LogP contribution < -0.4 is 0 Å². The molecular formula is C18H28O3. The summed E-state index contributed by atoms with van der Waals surface area (Å²) in [6.45, 7) is 6.54. The highest BCUT2D eigenvalue weighted by atomic mass is 16.7. The number of carbonyl (C=O) groups is 1. The van der Waals surface area contributed by atoms with Crippen molar-refractivity contribution in [2.75, 3.05) is 6.61 Å². The highest BCUT2D eigenvalue weighted by Gasteiger charge is 2.46. The van der Waals surface area contributed by atoms with Gasteiger partial charge in [0.1, 0.15) is 5.78 Å². The van der Waals surface area contributed by atoms with Gasteiger partial charge in [0, 0.05) is 31.1 Å². The molecule has 118 valence electrons. The van der Waals surface area contributed by atoms with E-state index in [0.717, 1.165) is 32.1 Å². The van der Waals surface area contributed by atoms with E-state index in [1.54, 1.807) is 0 Å². The summed E-state index contributed by atoms with van der Waals surface area (Å²) in [7, 11) is 0. The average molecular weight is 292 g/mol. The van der Waals surface area contributed by atoms with E-state index in [-0.39, 0.29) is 11.9 Å². The maximum Gasteiger partial charge on any atom is 0.168 e. The minimum absolute atomic E-state index is 0.0357. The number of hydrogen-bond acceptors (Lipinski definition) is 3. The van der Waals surface area contributed by atoms with Gasteiger partial charge < -0.3 is 9.47 Å². The second-order valence-corrected chi connectivity index (χ2v) is 6.79. The molecule has 1 unspecified atom stereocenters. The number of carbonyl (C=O) groups excluding carboxylic acids is 1. The van der Waals surface area contributed by atoms with Gasteiger partial charge in [-0.05, 0) is 26.2 Å². The fraction of sp³-hybridized carbons (Fsp3) is 0.833. The van der Waals surface area contributed by atoms with Gasteiger partial charge in [0.25, 0.3) is 0 Å². The molecule has 1 atom stereocenters. The predicted molar refractivity (Wildman–Crippen MR) is 82.7 cm³/mol. The Balaban J connectivity index is 2.00. The minimum atomic E-state index is -0.455. The van der Waals surface area contributed by atoms with Gasteiger partial charge in [-0.25, -0.2) is 0 Å². The zero-order valence-electron chi connectivity index (χ0n) is 13.7. The summed E-state index contributed by atoms with van der Waals surface area (Å²) in [4.78, 5) is 12.5. The van der Waals surface area contributed by atoms with Gasteiger partial charge in [-0.3, -0.25) is 4.79 Å². The molecule has 0 aromatic rings. The molecule has 2 rings (SSSR count). The molecule has 1 spiro atoms. The van der Waals surface area contributed by atoms with Crippen LogP contribution in [0, 0.1) is 17.3 Å². The highest BCUT2D eigenvalue weighted by molar-refractivity contribution is 5.84. The first-order valence-corrected chi connectivity index (χ1v) is 8.25. The van der Waals surface area contributed by atoms with Crippen molar-refractivity contribution in [1.82, 2.24) is 0 Å². The first-order valence-electron chi connectivity index (χ1n) is 8.25. The summed E-state index contributed by atoms with van der Waals surface area (Å²) < 4.78 is 12.3. The van der Waals surface area contributed by atoms with E-state index in [9.17, 15) is 4.79 Å². The Bertz CT molecular complexity index is 416. The third-order valence-electron chi connectivity index (χ3n) is 4.89. The zero-order chi connectivity index (χ0) is 15.3. The minimum Gasteiger partial charge on any atom is -0.350 e. The van der Waals surface area contributed by atoms with Crippen LogP contribution in [-0.2, 0) is 14.3 Å². The summed E-state index contributed by atoms with van der Waals surface area (Å²) in [5, 5.41) is 0. The lowest BCUT2D eigenvalue weighted by molar-refractivity contribution is -0.318. The van der Waals surface area contributed by atoms with Crippen LogP contribution in [-0.4, -0.2) is 24.3 Å². The fourth-order valence-corrected chi connectivity index (χ4v) is 3.37. The van der Waals surface area contributed by atoms with Crippen molar-refractivity contribution in [1.29, 1.82) is 0 Å². The Labute approximate surface area is 128 Å². The lowest BCUT2D eigenvalue weighted by atomic mass is 9.78. The Morgan fingerprint density at radius 2 is 2.00 bits per heavy atom. The molecule has 2 aliphatic rings. The first kappa shape index (κ1) is 16.5. The Morgan fingerprint density at radius 3 is 2.67 bits per heavy atom. The number of ether oxygens (including phenoxy) is 2. The molecule has 0 radical (unpaired) electrons. The standard InChI is InChI=1S/C18H28O3/c1-4-5-7-10-15(19)17(2,3)16-11-14-20-18(21-16)12-8-6-9-13-18/h16H,6-14H2,1-3H3. The van der Waals surface area contributed by atoms with Crippen LogP contribution in [0.3, 0.4) is 0 Å². The van der Waals surface area contributed by atoms with Crippen LogP contribution in [0.15, 0.2) is 0 Å². The second kappa shape index (κ2) is 6.94. The van der Waals surface area contributed by atoms with Crippen LogP contribution in [0.2, 0.25) is 0 Å². The normalized spacial score (nSPS) is 25.2. The summed E-state index contributed by atoms with van der Waals surface area (Å²) in [5.74, 6) is 5.66. The third-order valence-corrected chi connectivity index (χ3v) is 4.89. The van der Waals surface area contributed by atoms with E-state index < -0.39 is 11.2 Å². The van der Waals surface area contributed by atoms with Crippen molar-refractivity contribution in [2.24, 2.45) is 5.41 Å². The summed E-state index contributed by atoms with van der Waals surface area (Å²) >= 11 is 0. The molecule has 2 fully saturated rings. The van der Waals surface area contributed by atoms with Gasteiger partial charge in [-0.15, -0.1) is 11.8 Å². The maximum atomic E-state index is 12.5. The number of Topliss-reactive ketones (excluding diaryl/α,β-unsaturated/α-hetero) is 1. The van der Waals surface area contributed by atoms with Crippen LogP contribution in [0.1, 0.15) is 72.1 Å². The van der Waals surface area contributed by atoms with Crippen molar-refractivity contribution < 1.29 is 14.3 Å². The van der Waals surface area contributed by atoms with Crippen LogP contribution >= 0.6 is 0 Å². The van der Waals surface area contributed by atoms with Gasteiger partial charge in [0.15, 0.2) is 5.79 Å².